The molecule has 0 aliphatic heterocycles. The quantitative estimate of drug-likeness (QED) is 0.858. The Morgan fingerprint density at radius 1 is 1.65 bits per heavy atom. The largest absolute Gasteiger partial charge is 0.478 e. The van der Waals surface area contributed by atoms with Crippen LogP contribution < -0.4 is 4.90 Å². The molecule has 0 aliphatic rings. The van der Waals surface area contributed by atoms with Gasteiger partial charge in [-0.2, -0.15) is 5.26 Å². The zero-order chi connectivity index (χ0) is 13.0. The molecule has 0 bridgehead atoms. The number of carboxylic acid groups (broad SMARTS) is 1. The Morgan fingerprint density at radius 3 is 2.76 bits per heavy atom. The second kappa shape index (κ2) is 5.30. The smallest absolute Gasteiger partial charge is 0.337 e. The average molecular weight is 233 g/mol. The van der Waals surface area contributed by atoms with Gasteiger partial charge in [0.2, 0.25) is 0 Å². The van der Waals surface area contributed by atoms with Gasteiger partial charge < -0.3 is 10.0 Å². The summed E-state index contributed by atoms with van der Waals surface area (Å²) in [7, 11) is 1.84. The summed E-state index contributed by atoms with van der Waals surface area (Å²) in [5.41, 5.74) is 0.682. The van der Waals surface area contributed by atoms with E-state index in [4.69, 9.17) is 10.4 Å². The number of pyridine rings is 1. The van der Waals surface area contributed by atoms with Crippen molar-refractivity contribution < 1.29 is 9.90 Å². The van der Waals surface area contributed by atoms with Crippen molar-refractivity contribution in [3.8, 4) is 6.07 Å². The molecule has 1 N–H and O–H groups in total. The molecule has 1 heterocycles. The van der Waals surface area contributed by atoms with Gasteiger partial charge in [-0.1, -0.05) is 0 Å². The Balaban J connectivity index is 2.98. The molecule has 17 heavy (non-hydrogen) atoms. The minimum atomic E-state index is -0.978. The first-order chi connectivity index (χ1) is 7.97. The van der Waals surface area contributed by atoms with Crippen LogP contribution in [0.25, 0.3) is 0 Å². The van der Waals surface area contributed by atoms with Crippen molar-refractivity contribution in [2.45, 2.75) is 26.3 Å². The molecule has 5 heteroatoms. The third-order valence-electron chi connectivity index (χ3n) is 2.71. The topological polar surface area (TPSA) is 77.2 Å². The van der Waals surface area contributed by atoms with Gasteiger partial charge in [0.1, 0.15) is 5.82 Å². The molecule has 5 nitrogen and oxygen atoms in total. The van der Waals surface area contributed by atoms with E-state index >= 15 is 0 Å². The molecule has 0 aromatic carbocycles. The summed E-state index contributed by atoms with van der Waals surface area (Å²) in [5.74, 6) is -0.301. The van der Waals surface area contributed by atoms with E-state index < -0.39 is 5.97 Å². The summed E-state index contributed by atoms with van der Waals surface area (Å²) in [5, 5.41) is 17.5. The van der Waals surface area contributed by atoms with Crippen molar-refractivity contribution in [2.24, 2.45) is 0 Å². The fourth-order valence-electron chi connectivity index (χ4n) is 1.47. The lowest BCUT2D eigenvalue weighted by Crippen LogP contribution is -2.29. The van der Waals surface area contributed by atoms with E-state index in [1.54, 1.807) is 13.0 Å². The number of anilines is 1. The molecule has 0 aliphatic carbocycles. The van der Waals surface area contributed by atoms with E-state index in [0.29, 0.717) is 17.9 Å². The monoisotopic (exact) mass is 233 g/mol. The zero-order valence-electron chi connectivity index (χ0n) is 10.1. The first-order valence-corrected chi connectivity index (χ1v) is 5.28. The van der Waals surface area contributed by atoms with Crippen LogP contribution >= 0.6 is 0 Å². The molecule has 1 unspecified atom stereocenters. The van der Waals surface area contributed by atoms with Crippen molar-refractivity contribution in [3.05, 3.63) is 23.4 Å². The summed E-state index contributed by atoms with van der Waals surface area (Å²) in [4.78, 5) is 16.9. The average Bonchev–Trinajstić information content (AvgIpc) is 2.27. The third-order valence-corrected chi connectivity index (χ3v) is 2.71. The number of carbonyl (C=O) groups is 1. The molecule has 1 atom stereocenters. The maximum Gasteiger partial charge on any atom is 0.337 e. The number of carboxylic acids is 1. The van der Waals surface area contributed by atoms with Crippen molar-refractivity contribution in [1.29, 1.82) is 5.26 Å². The number of aromatic nitrogens is 1. The number of nitriles is 1. The van der Waals surface area contributed by atoms with Crippen LogP contribution in [0.3, 0.4) is 0 Å². The van der Waals surface area contributed by atoms with E-state index in [-0.39, 0.29) is 11.6 Å². The third kappa shape index (κ3) is 2.94. The Labute approximate surface area is 100 Å². The molecule has 1 aromatic heterocycles. The molecule has 0 spiro atoms. The minimum absolute atomic E-state index is 0.0441. The summed E-state index contributed by atoms with van der Waals surface area (Å²) < 4.78 is 0. The fourth-order valence-corrected chi connectivity index (χ4v) is 1.47. The van der Waals surface area contributed by atoms with Gasteiger partial charge in [0, 0.05) is 13.1 Å². The molecular weight excluding hydrogens is 218 g/mol. The van der Waals surface area contributed by atoms with Gasteiger partial charge in [-0.3, -0.25) is 0 Å². The summed E-state index contributed by atoms with van der Waals surface area (Å²) in [6.45, 7) is 3.58. The van der Waals surface area contributed by atoms with Gasteiger partial charge in [-0.15, -0.1) is 0 Å². The van der Waals surface area contributed by atoms with Crippen LogP contribution in [0, 0.1) is 18.3 Å². The van der Waals surface area contributed by atoms with Crippen LogP contribution in [0.2, 0.25) is 0 Å². The van der Waals surface area contributed by atoms with Crippen LogP contribution in [-0.2, 0) is 0 Å². The fraction of sp³-hybridized carbons (Fsp3) is 0.417. The number of hydrogen-bond acceptors (Lipinski definition) is 4. The van der Waals surface area contributed by atoms with Gasteiger partial charge >= 0.3 is 5.97 Å². The lowest BCUT2D eigenvalue weighted by molar-refractivity contribution is 0.0695. The highest BCUT2D eigenvalue weighted by atomic mass is 16.4. The zero-order valence-corrected chi connectivity index (χ0v) is 10.1. The molecule has 1 aromatic rings. The Morgan fingerprint density at radius 2 is 2.29 bits per heavy atom. The van der Waals surface area contributed by atoms with Crippen molar-refractivity contribution in [2.75, 3.05) is 11.9 Å². The Hall–Kier alpha value is -2.09. The van der Waals surface area contributed by atoms with Gasteiger partial charge in [-0.05, 0) is 26.0 Å². The highest BCUT2D eigenvalue weighted by Gasteiger charge is 2.14. The van der Waals surface area contributed by atoms with Crippen LogP contribution in [0.5, 0.6) is 0 Å². The molecule has 90 valence electrons. The number of hydrogen-bond donors (Lipinski definition) is 1. The molecule has 0 saturated heterocycles. The minimum Gasteiger partial charge on any atom is -0.478 e. The number of nitrogens with zero attached hydrogens (tertiary/aromatic N) is 3. The Kier molecular flexibility index (Phi) is 4.05. The maximum atomic E-state index is 10.8. The predicted molar refractivity (Wildman–Crippen MR) is 64.0 cm³/mol. The van der Waals surface area contributed by atoms with E-state index in [2.05, 4.69) is 11.1 Å². The van der Waals surface area contributed by atoms with Crippen molar-refractivity contribution in [3.63, 3.8) is 0 Å². The second-order valence-corrected chi connectivity index (χ2v) is 3.93. The van der Waals surface area contributed by atoms with Crippen molar-refractivity contribution >= 4 is 11.8 Å². The standard InChI is InChI=1S/C12H15N3O2/c1-8(6-7-13)15(3)11-5-4-10(12(16)17)9(2)14-11/h4-5,8H,6H2,1-3H3,(H,16,17). The van der Waals surface area contributed by atoms with Crippen LogP contribution in [-0.4, -0.2) is 29.1 Å². The SMILES string of the molecule is Cc1nc(N(C)C(C)CC#N)ccc1C(=O)O. The molecule has 0 amide bonds. The van der Waals surface area contributed by atoms with Crippen LogP contribution in [0.1, 0.15) is 29.4 Å². The first kappa shape index (κ1) is 13.0. The maximum absolute atomic E-state index is 10.8. The van der Waals surface area contributed by atoms with E-state index in [0.717, 1.165) is 0 Å². The predicted octanol–water partition coefficient (Wildman–Crippen LogP) is 1.83. The molecular formula is C12H15N3O2. The van der Waals surface area contributed by atoms with E-state index in [9.17, 15) is 4.79 Å². The van der Waals surface area contributed by atoms with Crippen LogP contribution in [0.4, 0.5) is 5.82 Å². The summed E-state index contributed by atoms with van der Waals surface area (Å²) in [6.07, 6.45) is 0.401. The number of rotatable bonds is 4. The summed E-state index contributed by atoms with van der Waals surface area (Å²) in [6, 6.07) is 5.34. The highest BCUT2D eigenvalue weighted by Crippen LogP contribution is 2.16. The van der Waals surface area contributed by atoms with Crippen molar-refractivity contribution in [1.82, 2.24) is 4.98 Å². The lowest BCUT2D eigenvalue weighted by Gasteiger charge is -2.24. The summed E-state index contributed by atoms with van der Waals surface area (Å²) >= 11 is 0. The van der Waals surface area contributed by atoms with E-state index in [1.807, 2.05) is 18.9 Å². The number of aryl methyl sites for hydroxylation is 1. The molecule has 0 fully saturated rings. The number of aromatic carboxylic acids is 1. The van der Waals surface area contributed by atoms with E-state index in [1.165, 1.54) is 6.07 Å². The Bertz CT molecular complexity index is 465. The normalized spacial score (nSPS) is 11.6. The van der Waals surface area contributed by atoms with Crippen LogP contribution in [0.15, 0.2) is 12.1 Å². The second-order valence-electron chi connectivity index (χ2n) is 3.93. The first-order valence-electron chi connectivity index (χ1n) is 5.28. The highest BCUT2D eigenvalue weighted by molar-refractivity contribution is 5.89. The van der Waals surface area contributed by atoms with Gasteiger partial charge in [0.15, 0.2) is 0 Å². The lowest BCUT2D eigenvalue weighted by atomic mass is 10.2. The molecule has 0 radical (unpaired) electrons. The van der Waals surface area contributed by atoms with Gasteiger partial charge in [0.25, 0.3) is 0 Å². The molecule has 0 saturated carbocycles. The molecule has 1 rings (SSSR count). The van der Waals surface area contributed by atoms with Gasteiger partial charge in [-0.25, -0.2) is 9.78 Å². The van der Waals surface area contributed by atoms with Gasteiger partial charge in [0.05, 0.1) is 23.7 Å².